The van der Waals surface area contributed by atoms with Gasteiger partial charge >= 0.3 is 5.97 Å². The maximum Gasteiger partial charge on any atom is 0.333 e. The molecule has 1 N–H and O–H groups in total. The molecule has 18 heavy (non-hydrogen) atoms. The minimum absolute atomic E-state index is 0.00560. The standard InChI is InChI=1S/C11H21NO5S/c1-6-11(12(4)5,18(14,15)16)7-8-17-10(13)9(2)3/h2,6-8H2,1,3-5H3,(H,14,15,16). The van der Waals surface area contributed by atoms with Crippen molar-refractivity contribution in [1.29, 1.82) is 0 Å². The van der Waals surface area contributed by atoms with Gasteiger partial charge in [-0.15, -0.1) is 0 Å². The van der Waals surface area contributed by atoms with Crippen molar-refractivity contribution in [1.82, 2.24) is 4.90 Å². The molecule has 0 saturated carbocycles. The van der Waals surface area contributed by atoms with Crippen LogP contribution in [0.3, 0.4) is 0 Å². The fourth-order valence-electron chi connectivity index (χ4n) is 1.69. The van der Waals surface area contributed by atoms with E-state index in [9.17, 15) is 17.8 Å². The van der Waals surface area contributed by atoms with E-state index in [0.29, 0.717) is 0 Å². The maximum atomic E-state index is 11.5. The normalized spacial score (nSPS) is 15.2. The van der Waals surface area contributed by atoms with Gasteiger partial charge in [-0.25, -0.2) is 4.79 Å². The van der Waals surface area contributed by atoms with Gasteiger partial charge < -0.3 is 4.74 Å². The molecule has 0 fully saturated rings. The SMILES string of the molecule is C=C(C)C(=O)OCCC(CC)(N(C)C)S(=O)(=O)O. The summed E-state index contributed by atoms with van der Waals surface area (Å²) in [5.74, 6) is -0.575. The molecule has 7 heteroatoms. The predicted molar refractivity (Wildman–Crippen MR) is 68.6 cm³/mol. The topological polar surface area (TPSA) is 83.9 Å². The van der Waals surface area contributed by atoms with Gasteiger partial charge in [-0.3, -0.25) is 9.45 Å². The Bertz CT molecular complexity index is 415. The molecule has 6 nitrogen and oxygen atoms in total. The van der Waals surface area contributed by atoms with Crippen molar-refractivity contribution in [2.24, 2.45) is 0 Å². The van der Waals surface area contributed by atoms with Gasteiger partial charge in [-0.05, 0) is 27.4 Å². The van der Waals surface area contributed by atoms with E-state index < -0.39 is 21.0 Å². The van der Waals surface area contributed by atoms with Crippen LogP contribution >= 0.6 is 0 Å². The number of esters is 1. The van der Waals surface area contributed by atoms with Crippen molar-refractivity contribution < 1.29 is 22.5 Å². The average molecular weight is 279 g/mol. The third-order valence-corrected chi connectivity index (χ3v) is 4.74. The highest BCUT2D eigenvalue weighted by Crippen LogP contribution is 2.27. The fraction of sp³-hybridized carbons (Fsp3) is 0.727. The molecule has 0 heterocycles. The van der Waals surface area contributed by atoms with Crippen molar-refractivity contribution in [3.05, 3.63) is 12.2 Å². The highest BCUT2D eigenvalue weighted by Gasteiger charge is 2.43. The first-order valence-electron chi connectivity index (χ1n) is 5.55. The summed E-state index contributed by atoms with van der Waals surface area (Å²) >= 11 is 0. The lowest BCUT2D eigenvalue weighted by Crippen LogP contribution is -2.51. The molecule has 0 aliphatic heterocycles. The molecule has 0 bridgehead atoms. The molecule has 0 aliphatic carbocycles. The van der Waals surface area contributed by atoms with Crippen molar-refractivity contribution >= 4 is 16.1 Å². The Morgan fingerprint density at radius 3 is 2.22 bits per heavy atom. The molecular formula is C11H21NO5S. The summed E-state index contributed by atoms with van der Waals surface area (Å²) in [5, 5.41) is 0. The Kier molecular flexibility index (Phi) is 5.98. The van der Waals surface area contributed by atoms with E-state index in [1.807, 2.05) is 0 Å². The van der Waals surface area contributed by atoms with E-state index in [0.717, 1.165) is 0 Å². The van der Waals surface area contributed by atoms with Crippen molar-refractivity contribution in [2.75, 3.05) is 20.7 Å². The summed E-state index contributed by atoms with van der Waals surface area (Å²) in [4.78, 5) is 11.2. The summed E-state index contributed by atoms with van der Waals surface area (Å²) in [7, 11) is -1.18. The molecule has 0 aromatic heterocycles. The summed E-state index contributed by atoms with van der Waals surface area (Å²) in [5.41, 5.74) is 0.244. The summed E-state index contributed by atoms with van der Waals surface area (Å²) < 4.78 is 37.2. The van der Waals surface area contributed by atoms with Gasteiger partial charge in [-0.2, -0.15) is 8.42 Å². The maximum absolute atomic E-state index is 11.5. The van der Waals surface area contributed by atoms with E-state index in [4.69, 9.17) is 4.74 Å². The van der Waals surface area contributed by atoms with Crippen LogP contribution in [0.2, 0.25) is 0 Å². The quantitative estimate of drug-likeness (QED) is 0.426. The monoisotopic (exact) mass is 279 g/mol. The molecule has 0 amide bonds. The van der Waals surface area contributed by atoms with Crippen LogP contribution in [-0.4, -0.2) is 49.4 Å². The Labute approximate surface area is 108 Å². The first-order chi connectivity index (χ1) is 8.08. The van der Waals surface area contributed by atoms with Crippen molar-refractivity contribution in [3.63, 3.8) is 0 Å². The average Bonchev–Trinajstić information content (AvgIpc) is 2.21. The minimum Gasteiger partial charge on any atom is -0.462 e. The highest BCUT2D eigenvalue weighted by molar-refractivity contribution is 7.87. The fourth-order valence-corrected chi connectivity index (χ4v) is 2.85. The van der Waals surface area contributed by atoms with Crippen LogP contribution in [0.25, 0.3) is 0 Å². The van der Waals surface area contributed by atoms with E-state index in [2.05, 4.69) is 6.58 Å². The molecule has 1 unspecified atom stereocenters. The Balaban J connectivity index is 4.85. The zero-order chi connectivity index (χ0) is 14.6. The van der Waals surface area contributed by atoms with E-state index in [1.165, 1.54) is 11.8 Å². The molecular weight excluding hydrogens is 258 g/mol. The number of ether oxygens (including phenoxy) is 1. The highest BCUT2D eigenvalue weighted by atomic mass is 32.2. The number of rotatable bonds is 7. The lowest BCUT2D eigenvalue weighted by atomic mass is 10.1. The second-order valence-electron chi connectivity index (χ2n) is 4.34. The minimum atomic E-state index is -4.28. The molecule has 0 aromatic carbocycles. The number of carbonyl (C=O) groups excluding carboxylic acids is 1. The molecule has 1 atom stereocenters. The number of hydrogen-bond donors (Lipinski definition) is 1. The third kappa shape index (κ3) is 3.79. The van der Waals surface area contributed by atoms with Gasteiger partial charge in [0.2, 0.25) is 0 Å². The molecule has 0 aromatic rings. The summed E-state index contributed by atoms with van der Waals surface area (Å²) in [6.07, 6.45) is 0.178. The Morgan fingerprint density at radius 2 is 1.94 bits per heavy atom. The van der Waals surface area contributed by atoms with Gasteiger partial charge in [0.05, 0.1) is 6.61 Å². The molecule has 0 saturated heterocycles. The van der Waals surface area contributed by atoms with E-state index in [1.54, 1.807) is 21.0 Å². The van der Waals surface area contributed by atoms with Crippen LogP contribution in [0.1, 0.15) is 26.7 Å². The second kappa shape index (κ2) is 6.31. The Hall–Kier alpha value is -0.920. The largest absolute Gasteiger partial charge is 0.462 e. The van der Waals surface area contributed by atoms with Gasteiger partial charge in [0, 0.05) is 12.0 Å². The van der Waals surface area contributed by atoms with Crippen LogP contribution < -0.4 is 0 Å². The van der Waals surface area contributed by atoms with Crippen molar-refractivity contribution in [3.8, 4) is 0 Å². The van der Waals surface area contributed by atoms with Crippen LogP contribution in [0, 0.1) is 0 Å². The smallest absolute Gasteiger partial charge is 0.333 e. The number of nitrogens with zero attached hydrogens (tertiary/aromatic N) is 1. The third-order valence-electron chi connectivity index (χ3n) is 2.92. The van der Waals surface area contributed by atoms with Gasteiger partial charge in [0.15, 0.2) is 4.87 Å². The zero-order valence-corrected chi connectivity index (χ0v) is 12.1. The lowest BCUT2D eigenvalue weighted by molar-refractivity contribution is -0.139. The summed E-state index contributed by atoms with van der Waals surface area (Å²) in [6, 6.07) is 0. The van der Waals surface area contributed by atoms with Crippen LogP contribution in [0.5, 0.6) is 0 Å². The molecule has 0 aliphatic rings. The number of carbonyl (C=O) groups is 1. The second-order valence-corrected chi connectivity index (χ2v) is 6.05. The van der Waals surface area contributed by atoms with Gasteiger partial charge in [-0.1, -0.05) is 13.5 Å². The predicted octanol–water partition coefficient (Wildman–Crippen LogP) is 1.05. The van der Waals surface area contributed by atoms with Crippen LogP contribution in [0.15, 0.2) is 12.2 Å². The first-order valence-corrected chi connectivity index (χ1v) is 6.99. The van der Waals surface area contributed by atoms with Crippen LogP contribution in [-0.2, 0) is 19.6 Å². The molecule has 0 rings (SSSR count). The zero-order valence-electron chi connectivity index (χ0n) is 11.3. The van der Waals surface area contributed by atoms with Gasteiger partial charge in [0.1, 0.15) is 0 Å². The summed E-state index contributed by atoms with van der Waals surface area (Å²) in [6.45, 7) is 6.47. The number of hydrogen-bond acceptors (Lipinski definition) is 5. The Morgan fingerprint density at radius 1 is 1.44 bits per heavy atom. The van der Waals surface area contributed by atoms with Crippen LogP contribution in [0.4, 0.5) is 0 Å². The van der Waals surface area contributed by atoms with E-state index in [-0.39, 0.29) is 25.0 Å². The molecule has 0 spiro atoms. The van der Waals surface area contributed by atoms with Crippen molar-refractivity contribution in [2.45, 2.75) is 31.6 Å². The first kappa shape index (κ1) is 17.1. The molecule has 106 valence electrons. The molecule has 0 radical (unpaired) electrons. The van der Waals surface area contributed by atoms with Gasteiger partial charge in [0.25, 0.3) is 10.1 Å². The lowest BCUT2D eigenvalue weighted by Gasteiger charge is -2.35. The van der Waals surface area contributed by atoms with E-state index >= 15 is 0 Å².